The second-order valence-electron chi connectivity index (χ2n) is 3.17. The third-order valence-electron chi connectivity index (χ3n) is 1.85. The van der Waals surface area contributed by atoms with Crippen LogP contribution in [0.25, 0.3) is 0 Å². The quantitative estimate of drug-likeness (QED) is 0.593. The predicted molar refractivity (Wildman–Crippen MR) is 53.4 cm³/mol. The first-order valence-corrected chi connectivity index (χ1v) is 4.63. The van der Waals surface area contributed by atoms with Crippen molar-refractivity contribution in [3.63, 3.8) is 0 Å². The number of phenolic OH excluding ortho intramolecular Hbond substituents is 1. The van der Waals surface area contributed by atoms with Crippen molar-refractivity contribution in [3.8, 4) is 11.5 Å². The Morgan fingerprint density at radius 3 is 2.79 bits per heavy atom. The van der Waals surface area contributed by atoms with Crippen molar-refractivity contribution in [3.05, 3.63) is 23.8 Å². The lowest BCUT2D eigenvalue weighted by atomic mass is 10.2. The maximum absolute atomic E-state index is 11.1. The Kier molecular flexibility index (Phi) is 3.51. The molecule has 0 saturated carbocycles. The molecule has 0 aliphatic rings. The van der Waals surface area contributed by atoms with Crippen LogP contribution in [0.2, 0.25) is 0 Å². The van der Waals surface area contributed by atoms with Crippen LogP contribution < -0.4 is 4.74 Å². The van der Waals surface area contributed by atoms with Gasteiger partial charge in [0, 0.05) is 6.42 Å². The summed E-state index contributed by atoms with van der Waals surface area (Å²) in [7, 11) is 0. The summed E-state index contributed by atoms with van der Waals surface area (Å²) in [5.74, 6) is 0.455. The number of rotatable bonds is 3. The molecule has 0 radical (unpaired) electrons. The first-order chi connectivity index (χ1) is 6.63. The van der Waals surface area contributed by atoms with E-state index in [2.05, 4.69) is 0 Å². The largest absolute Gasteiger partial charge is 0.508 e. The molecule has 1 N–H and O–H groups in total. The van der Waals surface area contributed by atoms with Crippen molar-refractivity contribution >= 4 is 5.97 Å². The van der Waals surface area contributed by atoms with E-state index in [1.54, 1.807) is 19.1 Å². The number of hydrogen-bond donors (Lipinski definition) is 1. The summed E-state index contributed by atoms with van der Waals surface area (Å²) in [6.45, 7) is 3.68. The van der Waals surface area contributed by atoms with Gasteiger partial charge in [0.2, 0.25) is 0 Å². The normalized spacial score (nSPS) is 9.86. The molecule has 0 aliphatic heterocycles. The van der Waals surface area contributed by atoms with Gasteiger partial charge in [0.05, 0.1) is 0 Å². The fourth-order valence-electron chi connectivity index (χ4n) is 1.08. The van der Waals surface area contributed by atoms with E-state index < -0.39 is 0 Å². The van der Waals surface area contributed by atoms with Crippen molar-refractivity contribution in [2.24, 2.45) is 0 Å². The summed E-state index contributed by atoms with van der Waals surface area (Å²) in [4.78, 5) is 11.1. The maximum Gasteiger partial charge on any atom is 0.311 e. The van der Waals surface area contributed by atoms with Crippen LogP contribution in [0.4, 0.5) is 0 Å². The first-order valence-electron chi connectivity index (χ1n) is 4.63. The lowest BCUT2D eigenvalue weighted by Crippen LogP contribution is -2.06. The van der Waals surface area contributed by atoms with Crippen molar-refractivity contribution < 1.29 is 14.6 Å². The molecule has 0 atom stereocenters. The van der Waals surface area contributed by atoms with Gasteiger partial charge in [0.1, 0.15) is 11.5 Å². The molecule has 3 nitrogen and oxygen atoms in total. The lowest BCUT2D eigenvalue weighted by Gasteiger charge is -2.04. The zero-order valence-corrected chi connectivity index (χ0v) is 8.41. The van der Waals surface area contributed by atoms with Crippen LogP contribution in [0.3, 0.4) is 0 Å². The van der Waals surface area contributed by atoms with Gasteiger partial charge in [-0.1, -0.05) is 6.92 Å². The van der Waals surface area contributed by atoms with Gasteiger partial charge in [-0.3, -0.25) is 4.79 Å². The summed E-state index contributed by atoms with van der Waals surface area (Å²) in [6.07, 6.45) is 1.19. The van der Waals surface area contributed by atoms with Gasteiger partial charge in [-0.25, -0.2) is 0 Å². The van der Waals surface area contributed by atoms with E-state index in [0.717, 1.165) is 6.42 Å². The number of benzene rings is 1. The predicted octanol–water partition coefficient (Wildman–Crippen LogP) is 2.41. The number of hydrogen-bond acceptors (Lipinski definition) is 3. The molecule has 1 aromatic carbocycles. The maximum atomic E-state index is 11.1. The Morgan fingerprint density at radius 1 is 1.50 bits per heavy atom. The van der Waals surface area contributed by atoms with E-state index in [0.29, 0.717) is 17.7 Å². The number of esters is 1. The third kappa shape index (κ3) is 2.76. The van der Waals surface area contributed by atoms with Crippen LogP contribution in [-0.4, -0.2) is 11.1 Å². The highest BCUT2D eigenvalue weighted by Gasteiger charge is 2.04. The molecule has 0 amide bonds. The Morgan fingerprint density at radius 2 is 2.21 bits per heavy atom. The minimum absolute atomic E-state index is 0.209. The third-order valence-corrected chi connectivity index (χ3v) is 1.85. The molecule has 3 heteroatoms. The van der Waals surface area contributed by atoms with Crippen LogP contribution in [0.1, 0.15) is 25.3 Å². The molecule has 76 valence electrons. The van der Waals surface area contributed by atoms with Crippen LogP contribution in [0, 0.1) is 6.92 Å². The van der Waals surface area contributed by atoms with Gasteiger partial charge in [0.25, 0.3) is 0 Å². The summed E-state index contributed by atoms with van der Waals surface area (Å²) < 4.78 is 5.04. The summed E-state index contributed by atoms with van der Waals surface area (Å²) in [6, 6.07) is 4.74. The van der Waals surface area contributed by atoms with Gasteiger partial charge in [-0.2, -0.15) is 0 Å². The second kappa shape index (κ2) is 4.65. The molecule has 14 heavy (non-hydrogen) atoms. The van der Waals surface area contributed by atoms with Crippen LogP contribution in [0.15, 0.2) is 18.2 Å². The fraction of sp³-hybridized carbons (Fsp3) is 0.364. The molecule has 0 unspecified atom stereocenters. The van der Waals surface area contributed by atoms with Gasteiger partial charge < -0.3 is 9.84 Å². The molecule has 0 aliphatic carbocycles. The van der Waals surface area contributed by atoms with Crippen LogP contribution in [0.5, 0.6) is 11.5 Å². The van der Waals surface area contributed by atoms with Crippen LogP contribution in [-0.2, 0) is 4.79 Å². The molecule has 0 aromatic heterocycles. The Labute approximate surface area is 83.3 Å². The average Bonchev–Trinajstić information content (AvgIpc) is 2.12. The monoisotopic (exact) mass is 194 g/mol. The number of phenols is 1. The lowest BCUT2D eigenvalue weighted by molar-refractivity contribution is -0.134. The highest BCUT2D eigenvalue weighted by atomic mass is 16.5. The highest BCUT2D eigenvalue weighted by Crippen LogP contribution is 2.22. The zero-order valence-electron chi connectivity index (χ0n) is 8.41. The zero-order chi connectivity index (χ0) is 10.6. The van der Waals surface area contributed by atoms with Crippen molar-refractivity contribution in [1.29, 1.82) is 0 Å². The van der Waals surface area contributed by atoms with Gasteiger partial charge in [0.15, 0.2) is 0 Å². The summed E-state index contributed by atoms with van der Waals surface area (Å²) in [5.41, 5.74) is 0.701. The van der Waals surface area contributed by atoms with Crippen molar-refractivity contribution in [2.75, 3.05) is 0 Å². The molecule has 0 spiro atoms. The number of aryl methyl sites for hydroxylation is 1. The Hall–Kier alpha value is -1.51. The van der Waals surface area contributed by atoms with E-state index in [-0.39, 0.29) is 11.7 Å². The first kappa shape index (κ1) is 10.6. The Bertz CT molecular complexity index is 331. The number of aromatic hydroxyl groups is 1. The van der Waals surface area contributed by atoms with Crippen LogP contribution >= 0.6 is 0 Å². The standard InChI is InChI=1S/C11H14O3/c1-3-4-11(13)14-9-5-6-10(12)8(2)7-9/h5-7,12H,3-4H2,1-2H3. The molecule has 0 bridgehead atoms. The van der Waals surface area contributed by atoms with E-state index in [9.17, 15) is 9.90 Å². The minimum atomic E-state index is -0.238. The van der Waals surface area contributed by atoms with E-state index >= 15 is 0 Å². The molecule has 0 fully saturated rings. The smallest absolute Gasteiger partial charge is 0.311 e. The molecule has 1 aromatic rings. The molecular weight excluding hydrogens is 180 g/mol. The Balaban J connectivity index is 2.68. The van der Waals surface area contributed by atoms with Crippen molar-refractivity contribution in [2.45, 2.75) is 26.7 Å². The van der Waals surface area contributed by atoms with Crippen molar-refractivity contribution in [1.82, 2.24) is 0 Å². The fourth-order valence-corrected chi connectivity index (χ4v) is 1.08. The SMILES string of the molecule is CCCC(=O)Oc1ccc(O)c(C)c1. The highest BCUT2D eigenvalue weighted by molar-refractivity contribution is 5.72. The summed E-state index contributed by atoms with van der Waals surface area (Å²) in [5, 5.41) is 9.24. The molecule has 0 heterocycles. The molecule has 1 rings (SSSR count). The average molecular weight is 194 g/mol. The molecular formula is C11H14O3. The molecule has 0 saturated heterocycles. The van der Waals surface area contributed by atoms with E-state index in [1.807, 2.05) is 6.92 Å². The topological polar surface area (TPSA) is 46.5 Å². The number of carbonyl (C=O) groups is 1. The van der Waals surface area contributed by atoms with Gasteiger partial charge in [-0.05, 0) is 37.1 Å². The minimum Gasteiger partial charge on any atom is -0.508 e. The van der Waals surface area contributed by atoms with E-state index in [1.165, 1.54) is 6.07 Å². The summed E-state index contributed by atoms with van der Waals surface area (Å²) >= 11 is 0. The van der Waals surface area contributed by atoms with E-state index in [4.69, 9.17) is 4.74 Å². The van der Waals surface area contributed by atoms with Gasteiger partial charge in [-0.15, -0.1) is 0 Å². The second-order valence-corrected chi connectivity index (χ2v) is 3.17. The number of carbonyl (C=O) groups excluding carboxylic acids is 1. The number of ether oxygens (including phenoxy) is 1. The van der Waals surface area contributed by atoms with Gasteiger partial charge >= 0.3 is 5.97 Å².